The minimum Gasteiger partial charge on any atom is -0.464 e. The molecule has 0 saturated heterocycles. The molecule has 0 unspecified atom stereocenters. The summed E-state index contributed by atoms with van der Waals surface area (Å²) in [6, 6.07) is 12.6. The summed E-state index contributed by atoms with van der Waals surface area (Å²) in [5, 5.41) is 9.48. The van der Waals surface area contributed by atoms with Gasteiger partial charge < -0.3 is 9.84 Å². The second-order valence-corrected chi connectivity index (χ2v) is 6.23. The van der Waals surface area contributed by atoms with Gasteiger partial charge >= 0.3 is 12.2 Å². The van der Waals surface area contributed by atoms with Crippen molar-refractivity contribution < 1.29 is 19.4 Å². The molecule has 1 aromatic carbocycles. The topological polar surface area (TPSA) is 79.7 Å². The number of nitrogens with zero attached hydrogens (tertiary/aromatic N) is 2. The lowest BCUT2D eigenvalue weighted by atomic mass is 10.1. The van der Waals surface area contributed by atoms with E-state index in [-0.39, 0.29) is 5.69 Å². The standard InChI is InChI=1S/C18H20N2O4/c1-18(2,3)24-17(23)20(16(21)22)15-10-7-11-19-14(15)12-13-8-5-4-6-9-13/h4-11H,12H2,1-3H3,(H,21,22). The van der Waals surface area contributed by atoms with E-state index in [1.807, 2.05) is 30.3 Å². The van der Waals surface area contributed by atoms with Gasteiger partial charge in [-0.1, -0.05) is 30.3 Å². The minimum absolute atomic E-state index is 0.197. The summed E-state index contributed by atoms with van der Waals surface area (Å²) in [6.07, 6.45) is -0.385. The summed E-state index contributed by atoms with van der Waals surface area (Å²) in [4.78, 5) is 28.8. The molecule has 0 saturated carbocycles. The van der Waals surface area contributed by atoms with Crippen molar-refractivity contribution >= 4 is 17.9 Å². The molecule has 0 aliphatic carbocycles. The van der Waals surface area contributed by atoms with Crippen molar-refractivity contribution in [2.45, 2.75) is 32.8 Å². The Bertz CT molecular complexity index is 723. The SMILES string of the molecule is CC(C)(C)OC(=O)N(C(=O)O)c1cccnc1Cc1ccccc1. The highest BCUT2D eigenvalue weighted by molar-refractivity contribution is 6.09. The zero-order valence-electron chi connectivity index (χ0n) is 13.9. The summed E-state index contributed by atoms with van der Waals surface area (Å²) >= 11 is 0. The number of carboxylic acid groups (broad SMARTS) is 1. The van der Waals surface area contributed by atoms with E-state index in [1.54, 1.807) is 39.1 Å². The first-order valence-electron chi connectivity index (χ1n) is 7.52. The van der Waals surface area contributed by atoms with E-state index in [0.29, 0.717) is 17.0 Å². The van der Waals surface area contributed by atoms with Crippen molar-refractivity contribution in [3.05, 3.63) is 59.9 Å². The highest BCUT2D eigenvalue weighted by Gasteiger charge is 2.30. The zero-order valence-corrected chi connectivity index (χ0v) is 13.9. The number of anilines is 1. The third kappa shape index (κ3) is 4.55. The first-order valence-corrected chi connectivity index (χ1v) is 7.52. The molecular formula is C18H20N2O4. The lowest BCUT2D eigenvalue weighted by Gasteiger charge is -2.25. The fourth-order valence-electron chi connectivity index (χ4n) is 2.15. The van der Waals surface area contributed by atoms with Crippen molar-refractivity contribution in [3.8, 4) is 0 Å². The molecule has 6 nitrogen and oxygen atoms in total. The Morgan fingerprint density at radius 1 is 1.12 bits per heavy atom. The molecule has 2 rings (SSSR count). The third-order valence-corrected chi connectivity index (χ3v) is 3.09. The number of benzene rings is 1. The highest BCUT2D eigenvalue weighted by Crippen LogP contribution is 2.23. The predicted molar refractivity (Wildman–Crippen MR) is 90.2 cm³/mol. The number of rotatable bonds is 3. The molecule has 2 amide bonds. The fraction of sp³-hybridized carbons (Fsp3) is 0.278. The van der Waals surface area contributed by atoms with Gasteiger partial charge in [-0.3, -0.25) is 4.98 Å². The summed E-state index contributed by atoms with van der Waals surface area (Å²) in [5.41, 5.74) is 0.846. The Hall–Kier alpha value is -2.89. The van der Waals surface area contributed by atoms with E-state index in [9.17, 15) is 14.7 Å². The molecule has 0 bridgehead atoms. The quantitative estimate of drug-likeness (QED) is 0.918. The zero-order chi connectivity index (χ0) is 17.7. The predicted octanol–water partition coefficient (Wildman–Crippen LogP) is 4.09. The van der Waals surface area contributed by atoms with E-state index in [4.69, 9.17) is 4.74 Å². The van der Waals surface area contributed by atoms with Crippen LogP contribution in [0.5, 0.6) is 0 Å². The van der Waals surface area contributed by atoms with Gasteiger partial charge in [0.05, 0.1) is 11.4 Å². The van der Waals surface area contributed by atoms with Crippen LogP contribution >= 0.6 is 0 Å². The number of amides is 2. The van der Waals surface area contributed by atoms with E-state index >= 15 is 0 Å². The molecule has 0 aliphatic rings. The lowest BCUT2D eigenvalue weighted by molar-refractivity contribution is 0.0581. The van der Waals surface area contributed by atoms with Crippen LogP contribution in [0.3, 0.4) is 0 Å². The van der Waals surface area contributed by atoms with E-state index in [2.05, 4.69) is 4.98 Å². The number of hydrogen-bond acceptors (Lipinski definition) is 4. The van der Waals surface area contributed by atoms with Crippen molar-refractivity contribution in [3.63, 3.8) is 0 Å². The van der Waals surface area contributed by atoms with Gasteiger partial charge in [0.15, 0.2) is 0 Å². The van der Waals surface area contributed by atoms with E-state index < -0.39 is 17.8 Å². The first kappa shape index (κ1) is 17.5. The van der Waals surface area contributed by atoms with Crippen LogP contribution in [0.4, 0.5) is 15.3 Å². The van der Waals surface area contributed by atoms with Crippen LogP contribution in [0.25, 0.3) is 0 Å². The van der Waals surface area contributed by atoms with E-state index in [0.717, 1.165) is 5.56 Å². The average Bonchev–Trinajstić information content (AvgIpc) is 2.48. The largest absolute Gasteiger partial charge is 0.464 e. The summed E-state index contributed by atoms with van der Waals surface area (Å²) < 4.78 is 5.20. The van der Waals surface area contributed by atoms with Gasteiger partial charge in [-0.2, -0.15) is 4.90 Å². The smallest absolute Gasteiger partial charge is 0.424 e. The maximum Gasteiger partial charge on any atom is 0.424 e. The molecule has 2 aromatic rings. The molecule has 0 atom stereocenters. The molecule has 24 heavy (non-hydrogen) atoms. The number of imide groups is 1. The summed E-state index contributed by atoms with van der Waals surface area (Å²) in [7, 11) is 0. The Morgan fingerprint density at radius 2 is 1.79 bits per heavy atom. The maximum absolute atomic E-state index is 12.3. The van der Waals surface area contributed by atoms with Crippen molar-refractivity contribution in [1.82, 2.24) is 4.98 Å². The van der Waals surface area contributed by atoms with Crippen LogP contribution in [-0.4, -0.2) is 27.9 Å². The second-order valence-electron chi connectivity index (χ2n) is 6.23. The van der Waals surface area contributed by atoms with Crippen LogP contribution in [0.15, 0.2) is 48.7 Å². The van der Waals surface area contributed by atoms with Crippen LogP contribution in [0.2, 0.25) is 0 Å². The van der Waals surface area contributed by atoms with Gasteiger partial charge in [-0.15, -0.1) is 0 Å². The average molecular weight is 328 g/mol. The Balaban J connectivity index is 2.37. The monoisotopic (exact) mass is 328 g/mol. The van der Waals surface area contributed by atoms with Crippen molar-refractivity contribution in [1.29, 1.82) is 0 Å². The Labute approximate surface area is 140 Å². The van der Waals surface area contributed by atoms with Gasteiger partial charge in [0.2, 0.25) is 0 Å². The van der Waals surface area contributed by atoms with Gasteiger partial charge in [-0.05, 0) is 38.5 Å². The first-order chi connectivity index (χ1) is 11.3. The summed E-state index contributed by atoms with van der Waals surface area (Å²) in [6.45, 7) is 5.04. The lowest BCUT2D eigenvalue weighted by Crippen LogP contribution is -2.40. The van der Waals surface area contributed by atoms with Crippen LogP contribution in [0, 0.1) is 0 Å². The van der Waals surface area contributed by atoms with Crippen LogP contribution in [0.1, 0.15) is 32.0 Å². The van der Waals surface area contributed by atoms with Crippen LogP contribution in [-0.2, 0) is 11.2 Å². The normalized spacial score (nSPS) is 11.0. The van der Waals surface area contributed by atoms with Crippen LogP contribution < -0.4 is 4.90 Å². The number of carbonyl (C=O) groups is 2. The molecule has 6 heteroatoms. The summed E-state index contributed by atoms with van der Waals surface area (Å²) in [5.74, 6) is 0. The second kappa shape index (κ2) is 7.12. The number of pyridine rings is 1. The van der Waals surface area contributed by atoms with Crippen molar-refractivity contribution in [2.75, 3.05) is 4.90 Å². The van der Waals surface area contributed by atoms with Gasteiger partial charge in [-0.25, -0.2) is 9.59 Å². The van der Waals surface area contributed by atoms with Gasteiger partial charge in [0, 0.05) is 12.6 Å². The molecule has 0 aliphatic heterocycles. The van der Waals surface area contributed by atoms with E-state index in [1.165, 1.54) is 0 Å². The third-order valence-electron chi connectivity index (χ3n) is 3.09. The maximum atomic E-state index is 12.3. The molecule has 0 fully saturated rings. The fourth-order valence-corrected chi connectivity index (χ4v) is 2.15. The van der Waals surface area contributed by atoms with Crippen molar-refractivity contribution in [2.24, 2.45) is 0 Å². The number of hydrogen-bond donors (Lipinski definition) is 1. The molecule has 1 heterocycles. The minimum atomic E-state index is -1.41. The highest BCUT2D eigenvalue weighted by atomic mass is 16.6. The van der Waals surface area contributed by atoms with Gasteiger partial charge in [0.25, 0.3) is 0 Å². The number of ether oxygens (including phenoxy) is 1. The number of carbonyl (C=O) groups excluding carboxylic acids is 1. The Morgan fingerprint density at radius 3 is 2.38 bits per heavy atom. The molecule has 1 N–H and O–H groups in total. The Kier molecular flexibility index (Phi) is 5.18. The van der Waals surface area contributed by atoms with Gasteiger partial charge in [0.1, 0.15) is 5.60 Å². The number of aromatic nitrogens is 1. The molecule has 126 valence electrons. The molecule has 0 spiro atoms. The molecule has 1 aromatic heterocycles. The molecule has 0 radical (unpaired) electrons. The molecular weight excluding hydrogens is 308 g/mol.